The first-order valence-corrected chi connectivity index (χ1v) is 5.04. The number of allylic oxidation sites excluding steroid dienone is 2. The van der Waals surface area contributed by atoms with Crippen molar-refractivity contribution in [2.24, 2.45) is 5.92 Å². The third kappa shape index (κ3) is 3.65. The lowest BCUT2D eigenvalue weighted by Crippen LogP contribution is -2.26. The van der Waals surface area contributed by atoms with Crippen LogP contribution in [0.2, 0.25) is 0 Å². The lowest BCUT2D eigenvalue weighted by atomic mass is 10.1. The van der Waals surface area contributed by atoms with Gasteiger partial charge >= 0.3 is 0 Å². The van der Waals surface area contributed by atoms with E-state index in [1.165, 1.54) is 24.8 Å². The Labute approximate surface area is 81.6 Å². The SMILES string of the molecule is C#CCN[C@H]1CC[C@@H](C=C(C)C)C1. The van der Waals surface area contributed by atoms with Gasteiger partial charge in [0.1, 0.15) is 0 Å². The van der Waals surface area contributed by atoms with Gasteiger partial charge in [0.15, 0.2) is 0 Å². The summed E-state index contributed by atoms with van der Waals surface area (Å²) in [7, 11) is 0. The third-order valence-corrected chi connectivity index (χ3v) is 2.54. The summed E-state index contributed by atoms with van der Waals surface area (Å²) >= 11 is 0. The number of nitrogens with one attached hydrogen (secondary N) is 1. The first-order valence-electron chi connectivity index (χ1n) is 5.04. The van der Waals surface area contributed by atoms with E-state index in [0.717, 1.165) is 5.92 Å². The molecular formula is C12H19N. The molecule has 2 atom stereocenters. The van der Waals surface area contributed by atoms with Gasteiger partial charge < -0.3 is 5.32 Å². The topological polar surface area (TPSA) is 12.0 Å². The molecule has 1 rings (SSSR count). The highest BCUT2D eigenvalue weighted by molar-refractivity contribution is 5.01. The second-order valence-electron chi connectivity index (χ2n) is 4.10. The molecule has 1 saturated carbocycles. The van der Waals surface area contributed by atoms with Crippen LogP contribution in [0.15, 0.2) is 11.6 Å². The maximum Gasteiger partial charge on any atom is 0.0575 e. The summed E-state index contributed by atoms with van der Waals surface area (Å²) in [5.74, 6) is 3.40. The average molecular weight is 177 g/mol. The first kappa shape index (κ1) is 10.3. The fourth-order valence-electron chi connectivity index (χ4n) is 2.03. The van der Waals surface area contributed by atoms with E-state index in [-0.39, 0.29) is 0 Å². The predicted molar refractivity (Wildman–Crippen MR) is 57.4 cm³/mol. The van der Waals surface area contributed by atoms with Gasteiger partial charge in [0.05, 0.1) is 6.54 Å². The van der Waals surface area contributed by atoms with Gasteiger partial charge in [-0.25, -0.2) is 0 Å². The average Bonchev–Trinajstić information content (AvgIpc) is 2.48. The molecule has 0 bridgehead atoms. The molecule has 0 aliphatic heterocycles. The van der Waals surface area contributed by atoms with Gasteiger partial charge in [-0.15, -0.1) is 6.42 Å². The summed E-state index contributed by atoms with van der Waals surface area (Å²) in [6, 6.07) is 0.650. The van der Waals surface area contributed by atoms with Crippen molar-refractivity contribution in [1.82, 2.24) is 5.32 Å². The van der Waals surface area contributed by atoms with Crippen LogP contribution in [0, 0.1) is 18.3 Å². The van der Waals surface area contributed by atoms with Crippen molar-refractivity contribution in [3.63, 3.8) is 0 Å². The van der Waals surface area contributed by atoms with E-state index in [0.29, 0.717) is 12.6 Å². The van der Waals surface area contributed by atoms with Gasteiger partial charge in [0.2, 0.25) is 0 Å². The van der Waals surface area contributed by atoms with Crippen LogP contribution < -0.4 is 5.32 Å². The van der Waals surface area contributed by atoms with Crippen LogP contribution in [-0.4, -0.2) is 12.6 Å². The van der Waals surface area contributed by atoms with E-state index in [1.807, 2.05) is 0 Å². The zero-order chi connectivity index (χ0) is 9.68. The van der Waals surface area contributed by atoms with Crippen molar-refractivity contribution in [3.05, 3.63) is 11.6 Å². The summed E-state index contributed by atoms with van der Waals surface area (Å²) < 4.78 is 0. The first-order chi connectivity index (χ1) is 6.22. The standard InChI is InChI=1S/C12H19N/c1-4-7-13-12-6-5-11(9-12)8-10(2)3/h1,8,11-13H,5-7,9H2,2-3H3/t11-,12-/m0/s1. The molecule has 0 unspecified atom stereocenters. The lowest BCUT2D eigenvalue weighted by Gasteiger charge is -2.09. The Morgan fingerprint density at radius 3 is 2.92 bits per heavy atom. The largest absolute Gasteiger partial charge is 0.303 e. The van der Waals surface area contributed by atoms with Crippen LogP contribution in [0.5, 0.6) is 0 Å². The maximum absolute atomic E-state index is 5.20. The Morgan fingerprint density at radius 1 is 1.54 bits per heavy atom. The Balaban J connectivity index is 2.29. The maximum atomic E-state index is 5.20. The van der Waals surface area contributed by atoms with Crippen molar-refractivity contribution in [2.45, 2.75) is 39.2 Å². The van der Waals surface area contributed by atoms with E-state index in [4.69, 9.17) is 6.42 Å². The molecule has 0 aromatic heterocycles. The smallest absolute Gasteiger partial charge is 0.0575 e. The van der Waals surface area contributed by atoms with Crippen LogP contribution in [0.3, 0.4) is 0 Å². The van der Waals surface area contributed by atoms with Crippen LogP contribution in [0.25, 0.3) is 0 Å². The summed E-state index contributed by atoms with van der Waals surface area (Å²) in [6.45, 7) is 5.05. The minimum absolute atomic E-state index is 0.650. The van der Waals surface area contributed by atoms with Gasteiger partial charge in [-0.05, 0) is 39.0 Å². The molecular weight excluding hydrogens is 158 g/mol. The Kier molecular flexibility index (Phi) is 4.05. The van der Waals surface area contributed by atoms with E-state index in [2.05, 4.69) is 31.2 Å². The summed E-state index contributed by atoms with van der Waals surface area (Å²) in [4.78, 5) is 0. The van der Waals surface area contributed by atoms with E-state index in [9.17, 15) is 0 Å². The minimum atomic E-state index is 0.650. The zero-order valence-corrected chi connectivity index (χ0v) is 8.64. The van der Waals surface area contributed by atoms with Gasteiger partial charge in [0, 0.05) is 6.04 Å². The number of terminal acetylenes is 1. The monoisotopic (exact) mass is 177 g/mol. The fourth-order valence-corrected chi connectivity index (χ4v) is 2.03. The molecule has 0 spiro atoms. The molecule has 72 valence electrons. The van der Waals surface area contributed by atoms with Crippen molar-refractivity contribution >= 4 is 0 Å². The molecule has 1 fully saturated rings. The second kappa shape index (κ2) is 5.09. The van der Waals surface area contributed by atoms with Crippen molar-refractivity contribution in [2.75, 3.05) is 6.54 Å². The highest BCUT2D eigenvalue weighted by Gasteiger charge is 2.21. The van der Waals surface area contributed by atoms with E-state index in [1.54, 1.807) is 0 Å². The van der Waals surface area contributed by atoms with Gasteiger partial charge in [0.25, 0.3) is 0 Å². The number of rotatable bonds is 3. The highest BCUT2D eigenvalue weighted by atomic mass is 14.9. The molecule has 0 saturated heterocycles. The van der Waals surface area contributed by atoms with Crippen LogP contribution in [-0.2, 0) is 0 Å². The molecule has 0 radical (unpaired) electrons. The van der Waals surface area contributed by atoms with Gasteiger partial charge in [-0.1, -0.05) is 17.6 Å². The summed E-state index contributed by atoms with van der Waals surface area (Å²) in [6.07, 6.45) is 11.4. The molecule has 0 aromatic rings. The van der Waals surface area contributed by atoms with Gasteiger partial charge in [-0.2, -0.15) is 0 Å². The second-order valence-corrected chi connectivity index (χ2v) is 4.10. The number of hydrogen-bond acceptors (Lipinski definition) is 1. The molecule has 1 aliphatic carbocycles. The summed E-state index contributed by atoms with van der Waals surface area (Å²) in [5, 5.41) is 3.37. The molecule has 0 heterocycles. The highest BCUT2D eigenvalue weighted by Crippen LogP contribution is 2.27. The normalized spacial score (nSPS) is 26.8. The zero-order valence-electron chi connectivity index (χ0n) is 8.64. The van der Waals surface area contributed by atoms with Crippen LogP contribution >= 0.6 is 0 Å². The van der Waals surface area contributed by atoms with Gasteiger partial charge in [-0.3, -0.25) is 0 Å². The van der Waals surface area contributed by atoms with Crippen molar-refractivity contribution in [3.8, 4) is 12.3 Å². The van der Waals surface area contributed by atoms with Crippen LogP contribution in [0.1, 0.15) is 33.1 Å². The Morgan fingerprint density at radius 2 is 2.31 bits per heavy atom. The molecule has 1 aliphatic rings. The predicted octanol–water partition coefficient (Wildman–Crippen LogP) is 2.34. The number of hydrogen-bond donors (Lipinski definition) is 1. The van der Waals surface area contributed by atoms with Crippen molar-refractivity contribution < 1.29 is 0 Å². The molecule has 1 N–H and O–H groups in total. The molecule has 0 amide bonds. The molecule has 1 heteroatoms. The Bertz CT molecular complexity index is 218. The van der Waals surface area contributed by atoms with Crippen LogP contribution in [0.4, 0.5) is 0 Å². The lowest BCUT2D eigenvalue weighted by molar-refractivity contribution is 0.545. The molecule has 13 heavy (non-hydrogen) atoms. The molecule has 1 nitrogen and oxygen atoms in total. The minimum Gasteiger partial charge on any atom is -0.303 e. The van der Waals surface area contributed by atoms with E-state index < -0.39 is 0 Å². The summed E-state index contributed by atoms with van der Waals surface area (Å²) in [5.41, 5.74) is 1.43. The quantitative estimate of drug-likeness (QED) is 0.515. The van der Waals surface area contributed by atoms with Crippen molar-refractivity contribution in [1.29, 1.82) is 0 Å². The Hall–Kier alpha value is -0.740. The third-order valence-electron chi connectivity index (χ3n) is 2.54. The molecule has 0 aromatic carbocycles. The van der Waals surface area contributed by atoms with E-state index >= 15 is 0 Å². The fraction of sp³-hybridized carbons (Fsp3) is 0.667.